The molecule has 0 amide bonds. The topological polar surface area (TPSA) is 48.1 Å². The van der Waals surface area contributed by atoms with Crippen LogP contribution in [0, 0.1) is 5.92 Å². The maximum atomic E-state index is 6.20. The molecule has 2 N–H and O–H groups in total. The van der Waals surface area contributed by atoms with Gasteiger partial charge in [0.1, 0.15) is 0 Å². The van der Waals surface area contributed by atoms with E-state index in [9.17, 15) is 0 Å². The van der Waals surface area contributed by atoms with Gasteiger partial charge in [-0.3, -0.25) is 4.98 Å². The molecular weight excluding hydrogens is 268 g/mol. The van der Waals surface area contributed by atoms with Crippen molar-refractivity contribution in [2.75, 3.05) is 6.61 Å². The highest BCUT2D eigenvalue weighted by atomic mass is 79.9. The third-order valence-electron chi connectivity index (χ3n) is 3.07. The van der Waals surface area contributed by atoms with Gasteiger partial charge in [0.05, 0.1) is 12.7 Å². The minimum absolute atomic E-state index is 0.168. The molecule has 2 rings (SSSR count). The van der Waals surface area contributed by atoms with Crippen molar-refractivity contribution in [3.63, 3.8) is 0 Å². The smallest absolute Gasteiger partial charge is 0.0551 e. The number of pyridine rings is 1. The average molecular weight is 285 g/mol. The van der Waals surface area contributed by atoms with Gasteiger partial charge >= 0.3 is 0 Å². The molecule has 2 heterocycles. The number of rotatable bonds is 3. The van der Waals surface area contributed by atoms with Crippen molar-refractivity contribution in [1.29, 1.82) is 0 Å². The summed E-state index contributed by atoms with van der Waals surface area (Å²) in [5.41, 5.74) is 7.38. The first-order valence-corrected chi connectivity index (χ1v) is 6.41. The molecule has 16 heavy (non-hydrogen) atoms. The van der Waals surface area contributed by atoms with Gasteiger partial charge in [0.25, 0.3) is 0 Å². The molecule has 0 spiro atoms. The van der Waals surface area contributed by atoms with Gasteiger partial charge in [0, 0.05) is 28.8 Å². The average Bonchev–Trinajstić information content (AvgIpc) is 2.65. The summed E-state index contributed by atoms with van der Waals surface area (Å²) in [6.45, 7) is 2.90. The predicted molar refractivity (Wildman–Crippen MR) is 67.1 cm³/mol. The van der Waals surface area contributed by atoms with Gasteiger partial charge in [-0.2, -0.15) is 0 Å². The zero-order valence-corrected chi connectivity index (χ0v) is 11.0. The molecule has 3 nitrogen and oxygen atoms in total. The summed E-state index contributed by atoms with van der Waals surface area (Å²) in [5, 5.41) is 0. The van der Waals surface area contributed by atoms with Crippen LogP contribution in [0.5, 0.6) is 0 Å². The van der Waals surface area contributed by atoms with Crippen LogP contribution < -0.4 is 5.73 Å². The summed E-state index contributed by atoms with van der Waals surface area (Å²) < 4.78 is 6.55. The van der Waals surface area contributed by atoms with Crippen molar-refractivity contribution < 1.29 is 4.74 Å². The number of hydrogen-bond acceptors (Lipinski definition) is 3. The highest BCUT2D eigenvalue weighted by Crippen LogP contribution is 2.23. The van der Waals surface area contributed by atoms with Crippen LogP contribution in [0.25, 0.3) is 0 Å². The maximum Gasteiger partial charge on any atom is 0.0551 e. The van der Waals surface area contributed by atoms with E-state index in [0.29, 0.717) is 12.0 Å². The molecule has 0 radical (unpaired) electrons. The maximum absolute atomic E-state index is 6.20. The molecular formula is C12H17BrN2O. The SMILES string of the molecule is CC1CC(C(N)Cc2cncc(Br)c2)CO1. The quantitative estimate of drug-likeness (QED) is 0.925. The first kappa shape index (κ1) is 12.0. The Bertz CT molecular complexity index is 359. The number of ether oxygens (including phenoxy) is 1. The van der Waals surface area contributed by atoms with Crippen molar-refractivity contribution in [2.24, 2.45) is 11.7 Å². The molecule has 1 aromatic rings. The Hall–Kier alpha value is -0.450. The summed E-state index contributed by atoms with van der Waals surface area (Å²) in [7, 11) is 0. The first-order chi connectivity index (χ1) is 7.65. The van der Waals surface area contributed by atoms with Gasteiger partial charge in [0.15, 0.2) is 0 Å². The molecule has 4 heteroatoms. The first-order valence-electron chi connectivity index (χ1n) is 5.62. The largest absolute Gasteiger partial charge is 0.378 e. The van der Waals surface area contributed by atoms with Gasteiger partial charge in [0.2, 0.25) is 0 Å². The molecule has 1 saturated heterocycles. The Morgan fingerprint density at radius 1 is 1.62 bits per heavy atom. The lowest BCUT2D eigenvalue weighted by molar-refractivity contribution is 0.118. The minimum atomic E-state index is 0.168. The Morgan fingerprint density at radius 3 is 3.06 bits per heavy atom. The zero-order chi connectivity index (χ0) is 11.5. The van der Waals surface area contributed by atoms with Gasteiger partial charge in [-0.15, -0.1) is 0 Å². The molecule has 0 aliphatic carbocycles. The number of aromatic nitrogens is 1. The fourth-order valence-corrected chi connectivity index (χ4v) is 2.57. The lowest BCUT2D eigenvalue weighted by Crippen LogP contribution is -2.32. The van der Waals surface area contributed by atoms with E-state index in [-0.39, 0.29) is 6.04 Å². The second kappa shape index (κ2) is 5.25. The van der Waals surface area contributed by atoms with E-state index in [4.69, 9.17) is 10.5 Å². The molecule has 0 saturated carbocycles. The molecule has 1 fully saturated rings. The number of nitrogens with two attached hydrogens (primary N) is 1. The summed E-state index contributed by atoms with van der Waals surface area (Å²) in [5.74, 6) is 0.481. The Kier molecular flexibility index (Phi) is 3.95. The molecule has 1 aromatic heterocycles. The minimum Gasteiger partial charge on any atom is -0.378 e. The number of nitrogens with zero attached hydrogens (tertiary/aromatic N) is 1. The standard InChI is InChI=1S/C12H17BrN2O/c1-8-2-10(7-16-8)12(14)4-9-3-11(13)6-15-5-9/h3,5-6,8,10,12H,2,4,7,14H2,1H3. The van der Waals surface area contributed by atoms with Crippen LogP contribution >= 0.6 is 15.9 Å². The molecule has 0 aromatic carbocycles. The Morgan fingerprint density at radius 2 is 2.44 bits per heavy atom. The molecule has 88 valence electrons. The van der Waals surface area contributed by atoms with Crippen LogP contribution in [-0.4, -0.2) is 23.7 Å². The van der Waals surface area contributed by atoms with Gasteiger partial charge < -0.3 is 10.5 Å². The monoisotopic (exact) mass is 284 g/mol. The third-order valence-corrected chi connectivity index (χ3v) is 3.50. The van der Waals surface area contributed by atoms with Crippen molar-refractivity contribution in [2.45, 2.75) is 31.9 Å². The number of hydrogen-bond donors (Lipinski definition) is 1. The lowest BCUT2D eigenvalue weighted by atomic mass is 9.93. The van der Waals surface area contributed by atoms with E-state index in [1.807, 2.05) is 6.20 Å². The summed E-state index contributed by atoms with van der Waals surface area (Å²) in [6.07, 6.45) is 5.96. The van der Waals surface area contributed by atoms with Crippen molar-refractivity contribution >= 4 is 15.9 Å². The van der Waals surface area contributed by atoms with Crippen LogP contribution in [0.15, 0.2) is 22.9 Å². The van der Waals surface area contributed by atoms with E-state index < -0.39 is 0 Å². The summed E-state index contributed by atoms with van der Waals surface area (Å²) in [4.78, 5) is 4.15. The van der Waals surface area contributed by atoms with Gasteiger partial charge in [-0.05, 0) is 47.3 Å². The van der Waals surface area contributed by atoms with E-state index in [0.717, 1.165) is 23.9 Å². The van der Waals surface area contributed by atoms with Gasteiger partial charge in [-0.1, -0.05) is 0 Å². The van der Waals surface area contributed by atoms with Gasteiger partial charge in [-0.25, -0.2) is 0 Å². The van der Waals surface area contributed by atoms with Crippen LogP contribution in [0.3, 0.4) is 0 Å². The fraction of sp³-hybridized carbons (Fsp3) is 0.583. The predicted octanol–water partition coefficient (Wildman–Crippen LogP) is 2.14. The Labute approximate surface area is 105 Å². The second-order valence-corrected chi connectivity index (χ2v) is 5.43. The van der Waals surface area contributed by atoms with Crippen molar-refractivity contribution in [3.05, 3.63) is 28.5 Å². The van der Waals surface area contributed by atoms with Crippen molar-refractivity contribution in [3.8, 4) is 0 Å². The summed E-state index contributed by atoms with van der Waals surface area (Å²) in [6, 6.07) is 2.24. The van der Waals surface area contributed by atoms with Crippen LogP contribution in [0.4, 0.5) is 0 Å². The molecule has 1 aliphatic rings. The highest BCUT2D eigenvalue weighted by molar-refractivity contribution is 9.10. The number of halogens is 1. The molecule has 0 bridgehead atoms. The van der Waals surface area contributed by atoms with Crippen molar-refractivity contribution in [1.82, 2.24) is 4.98 Å². The summed E-state index contributed by atoms with van der Waals surface area (Å²) >= 11 is 3.42. The van der Waals surface area contributed by atoms with Crippen LogP contribution in [0.1, 0.15) is 18.9 Å². The molecule has 3 unspecified atom stereocenters. The molecule has 1 aliphatic heterocycles. The highest BCUT2D eigenvalue weighted by Gasteiger charge is 2.27. The fourth-order valence-electron chi connectivity index (χ4n) is 2.16. The second-order valence-electron chi connectivity index (χ2n) is 4.52. The third kappa shape index (κ3) is 3.03. The zero-order valence-electron chi connectivity index (χ0n) is 9.40. The Balaban J connectivity index is 1.94. The van der Waals surface area contributed by atoms with Crippen LogP contribution in [0.2, 0.25) is 0 Å². The van der Waals surface area contributed by atoms with Crippen LogP contribution in [-0.2, 0) is 11.2 Å². The van der Waals surface area contributed by atoms with E-state index >= 15 is 0 Å². The lowest BCUT2D eigenvalue weighted by Gasteiger charge is -2.17. The van der Waals surface area contributed by atoms with E-state index in [1.54, 1.807) is 6.20 Å². The normalized spacial score (nSPS) is 26.9. The van der Waals surface area contributed by atoms with E-state index in [1.165, 1.54) is 5.56 Å². The van der Waals surface area contributed by atoms with E-state index in [2.05, 4.69) is 33.9 Å². The molecule has 3 atom stereocenters.